The highest BCUT2D eigenvalue weighted by Crippen LogP contribution is 2.18. The van der Waals surface area contributed by atoms with E-state index in [1.807, 2.05) is 0 Å². The van der Waals surface area contributed by atoms with E-state index in [2.05, 4.69) is 34.6 Å². The van der Waals surface area contributed by atoms with Crippen molar-refractivity contribution < 1.29 is 28.6 Å². The Bertz CT molecular complexity index is 887. The van der Waals surface area contributed by atoms with Crippen LogP contribution in [0.3, 0.4) is 0 Å². The molecule has 58 heavy (non-hydrogen) atoms. The highest BCUT2D eigenvalue weighted by Gasteiger charge is 2.19. The predicted molar refractivity (Wildman–Crippen MR) is 247 cm³/mol. The highest BCUT2D eigenvalue weighted by atomic mass is 16.6. The topological polar surface area (TPSA) is 78.9 Å². The van der Waals surface area contributed by atoms with Gasteiger partial charge in [0.05, 0.1) is 0 Å². The molecule has 344 valence electrons. The number of hydrogen-bond acceptors (Lipinski definition) is 6. The van der Waals surface area contributed by atoms with Gasteiger partial charge in [0.2, 0.25) is 0 Å². The zero-order chi connectivity index (χ0) is 42.6. The molecule has 0 saturated heterocycles. The quantitative estimate of drug-likeness (QED) is 0.0346. The predicted octanol–water partition coefficient (Wildman–Crippen LogP) is 16.5. The summed E-state index contributed by atoms with van der Waals surface area (Å²) < 4.78 is 16.7. The molecule has 0 aromatic rings. The van der Waals surface area contributed by atoms with Crippen molar-refractivity contribution in [2.45, 2.75) is 291 Å². The van der Waals surface area contributed by atoms with E-state index >= 15 is 0 Å². The van der Waals surface area contributed by atoms with Crippen molar-refractivity contribution >= 4 is 17.9 Å². The highest BCUT2D eigenvalue weighted by molar-refractivity contribution is 5.71. The molecule has 2 atom stereocenters. The van der Waals surface area contributed by atoms with Gasteiger partial charge in [-0.25, -0.2) is 0 Å². The summed E-state index contributed by atoms with van der Waals surface area (Å²) in [6.45, 7) is 11.4. The fourth-order valence-corrected chi connectivity index (χ4v) is 7.78. The molecule has 0 aliphatic rings. The van der Waals surface area contributed by atoms with Gasteiger partial charge in [0.25, 0.3) is 0 Å². The van der Waals surface area contributed by atoms with Gasteiger partial charge in [0.1, 0.15) is 13.2 Å². The Morgan fingerprint density at radius 3 is 0.983 bits per heavy atom. The lowest BCUT2D eigenvalue weighted by Crippen LogP contribution is -2.30. The van der Waals surface area contributed by atoms with E-state index in [1.54, 1.807) is 0 Å². The molecule has 0 fully saturated rings. The SMILES string of the molecule is CCCCCCCCCC(=O)OC[C@@H](COC(=O)CCCCCCCCCCCCCCC(C)C)OC(=O)CCCCCCCCCCCCCCCCC(C)CC. The van der Waals surface area contributed by atoms with Crippen LogP contribution in [0.4, 0.5) is 0 Å². The molecule has 6 nitrogen and oxygen atoms in total. The maximum Gasteiger partial charge on any atom is 0.306 e. The van der Waals surface area contributed by atoms with Gasteiger partial charge in [-0.2, -0.15) is 0 Å². The van der Waals surface area contributed by atoms with Gasteiger partial charge < -0.3 is 14.2 Å². The van der Waals surface area contributed by atoms with Crippen LogP contribution in [0, 0.1) is 11.8 Å². The first-order chi connectivity index (χ1) is 28.3. The van der Waals surface area contributed by atoms with E-state index in [0.717, 1.165) is 69.6 Å². The second-order valence-electron chi connectivity index (χ2n) is 18.5. The number of ether oxygens (including phenoxy) is 3. The minimum absolute atomic E-state index is 0.0641. The van der Waals surface area contributed by atoms with E-state index < -0.39 is 6.10 Å². The Balaban J connectivity index is 4.20. The summed E-state index contributed by atoms with van der Waals surface area (Å²) in [5.74, 6) is 0.874. The number of rotatable bonds is 46. The van der Waals surface area contributed by atoms with Crippen molar-refractivity contribution in [2.24, 2.45) is 11.8 Å². The lowest BCUT2D eigenvalue weighted by atomic mass is 9.99. The molecule has 1 unspecified atom stereocenters. The number of esters is 3. The molecule has 0 spiro atoms. The second kappa shape index (κ2) is 44.9. The van der Waals surface area contributed by atoms with E-state index in [9.17, 15) is 14.4 Å². The summed E-state index contributed by atoms with van der Waals surface area (Å²) in [6.07, 6.45) is 45.2. The molecule has 0 amide bonds. The number of carbonyl (C=O) groups is 3. The molecular formula is C52H100O6. The average molecular weight is 821 g/mol. The lowest BCUT2D eigenvalue weighted by molar-refractivity contribution is -0.167. The molecular weight excluding hydrogens is 721 g/mol. The Morgan fingerprint density at radius 1 is 0.362 bits per heavy atom. The fourth-order valence-electron chi connectivity index (χ4n) is 7.78. The van der Waals surface area contributed by atoms with Crippen LogP contribution in [0.1, 0.15) is 285 Å². The zero-order valence-corrected chi connectivity index (χ0v) is 39.7. The summed E-state index contributed by atoms with van der Waals surface area (Å²) in [7, 11) is 0. The minimum Gasteiger partial charge on any atom is -0.462 e. The maximum absolute atomic E-state index is 12.8. The van der Waals surface area contributed by atoms with Gasteiger partial charge in [0.15, 0.2) is 6.10 Å². The first-order valence-electron chi connectivity index (χ1n) is 25.8. The Hall–Kier alpha value is -1.59. The molecule has 0 saturated carbocycles. The molecule has 0 heterocycles. The van der Waals surface area contributed by atoms with Gasteiger partial charge in [-0.3, -0.25) is 14.4 Å². The Labute approximate surface area is 361 Å². The van der Waals surface area contributed by atoms with Gasteiger partial charge in [-0.05, 0) is 31.1 Å². The van der Waals surface area contributed by atoms with Crippen molar-refractivity contribution in [3.05, 3.63) is 0 Å². The van der Waals surface area contributed by atoms with Crippen LogP contribution in [-0.4, -0.2) is 37.2 Å². The molecule has 0 aliphatic carbocycles. The Morgan fingerprint density at radius 2 is 0.655 bits per heavy atom. The van der Waals surface area contributed by atoms with Crippen LogP contribution in [-0.2, 0) is 28.6 Å². The Kier molecular flexibility index (Phi) is 43.7. The van der Waals surface area contributed by atoms with E-state index in [4.69, 9.17) is 14.2 Å². The smallest absolute Gasteiger partial charge is 0.306 e. The summed E-state index contributed by atoms with van der Waals surface area (Å²) in [5, 5.41) is 0. The maximum atomic E-state index is 12.8. The number of hydrogen-bond donors (Lipinski definition) is 0. The van der Waals surface area contributed by atoms with Crippen molar-refractivity contribution in [1.29, 1.82) is 0 Å². The van der Waals surface area contributed by atoms with Crippen molar-refractivity contribution in [3.63, 3.8) is 0 Å². The molecule has 0 radical (unpaired) electrons. The third-order valence-corrected chi connectivity index (χ3v) is 12.1. The van der Waals surface area contributed by atoms with Crippen LogP contribution in [0.15, 0.2) is 0 Å². The zero-order valence-electron chi connectivity index (χ0n) is 39.7. The summed E-state index contributed by atoms with van der Waals surface area (Å²) >= 11 is 0. The molecule has 6 heteroatoms. The molecule has 0 bridgehead atoms. The third kappa shape index (κ3) is 44.0. The largest absolute Gasteiger partial charge is 0.462 e. The van der Waals surface area contributed by atoms with Crippen molar-refractivity contribution in [3.8, 4) is 0 Å². The third-order valence-electron chi connectivity index (χ3n) is 12.1. The standard InChI is InChI=1S/C52H100O6/c1-6-8-9-10-25-32-37-42-50(53)56-45-49(46-57-51(54)43-38-33-28-23-19-16-15-17-21-26-30-35-40-47(3)4)58-52(55)44-39-34-29-24-20-14-12-11-13-18-22-27-31-36-41-48(5)7-2/h47-49H,6-46H2,1-5H3/t48?,49-/m0/s1. The summed E-state index contributed by atoms with van der Waals surface area (Å²) in [6, 6.07) is 0. The van der Waals surface area contributed by atoms with Gasteiger partial charge in [0, 0.05) is 19.3 Å². The lowest BCUT2D eigenvalue weighted by Gasteiger charge is -2.18. The first kappa shape index (κ1) is 56.4. The number of carbonyl (C=O) groups excluding carboxylic acids is 3. The van der Waals surface area contributed by atoms with Gasteiger partial charge >= 0.3 is 17.9 Å². The van der Waals surface area contributed by atoms with Gasteiger partial charge in [-0.15, -0.1) is 0 Å². The van der Waals surface area contributed by atoms with Crippen LogP contribution in [0.25, 0.3) is 0 Å². The first-order valence-corrected chi connectivity index (χ1v) is 25.8. The molecule has 0 N–H and O–H groups in total. The molecule has 0 aliphatic heterocycles. The van der Waals surface area contributed by atoms with E-state index in [1.165, 1.54) is 173 Å². The summed E-state index contributed by atoms with van der Waals surface area (Å²) in [5.41, 5.74) is 0. The molecule has 0 aromatic heterocycles. The average Bonchev–Trinajstić information content (AvgIpc) is 3.21. The van der Waals surface area contributed by atoms with E-state index in [0.29, 0.717) is 19.3 Å². The molecule has 0 aromatic carbocycles. The van der Waals surface area contributed by atoms with Crippen LogP contribution < -0.4 is 0 Å². The van der Waals surface area contributed by atoms with Crippen LogP contribution in [0.2, 0.25) is 0 Å². The van der Waals surface area contributed by atoms with Crippen LogP contribution >= 0.6 is 0 Å². The minimum atomic E-state index is -0.760. The van der Waals surface area contributed by atoms with E-state index in [-0.39, 0.29) is 31.1 Å². The summed E-state index contributed by atoms with van der Waals surface area (Å²) in [4.78, 5) is 37.8. The van der Waals surface area contributed by atoms with Crippen LogP contribution in [0.5, 0.6) is 0 Å². The molecule has 0 rings (SSSR count). The van der Waals surface area contributed by atoms with Gasteiger partial charge in [-0.1, -0.05) is 247 Å². The monoisotopic (exact) mass is 821 g/mol. The normalized spacial score (nSPS) is 12.5. The van der Waals surface area contributed by atoms with Crippen molar-refractivity contribution in [2.75, 3.05) is 13.2 Å². The fraction of sp³-hybridized carbons (Fsp3) is 0.942. The number of unbranched alkanes of at least 4 members (excludes halogenated alkanes) is 30. The second-order valence-corrected chi connectivity index (χ2v) is 18.5. The van der Waals surface area contributed by atoms with Crippen molar-refractivity contribution in [1.82, 2.24) is 0 Å².